The number of rotatable bonds is 14. The van der Waals surface area contributed by atoms with Crippen molar-refractivity contribution in [3.8, 4) is 0 Å². The number of hydrogen-bond acceptors (Lipinski definition) is 10. The molecule has 230 valence electrons. The molecule has 0 spiro atoms. The Hall–Kier alpha value is -2.81. The molecule has 0 bridgehead atoms. The van der Waals surface area contributed by atoms with Crippen molar-refractivity contribution in [1.29, 1.82) is 0 Å². The second kappa shape index (κ2) is 15.4. The van der Waals surface area contributed by atoms with Crippen molar-refractivity contribution in [3.05, 3.63) is 57.2 Å². The van der Waals surface area contributed by atoms with Crippen molar-refractivity contribution in [3.63, 3.8) is 0 Å². The van der Waals surface area contributed by atoms with Crippen molar-refractivity contribution >= 4 is 5.91 Å². The number of aliphatic hydroxyl groups excluding tert-OH is 5. The SMILES string of the molecule is CC(C)CCCCCCC/C=C/C(=O)NC1=COC(CC(O)C2OC(n3ccc(=O)[nH]c3=O)C(O)C2O)C(O)C1O. The van der Waals surface area contributed by atoms with Crippen LogP contribution in [0.1, 0.15) is 71.4 Å². The third kappa shape index (κ3) is 9.09. The van der Waals surface area contributed by atoms with Crippen molar-refractivity contribution in [2.75, 3.05) is 0 Å². The summed E-state index contributed by atoms with van der Waals surface area (Å²) in [7, 11) is 0. The number of hydrogen-bond donors (Lipinski definition) is 7. The monoisotopic (exact) mass is 581 g/mol. The second-order valence-corrected chi connectivity index (χ2v) is 11.1. The fourth-order valence-corrected chi connectivity index (χ4v) is 4.95. The molecular formula is C28H43N3O10. The summed E-state index contributed by atoms with van der Waals surface area (Å²) in [4.78, 5) is 37.6. The number of carbonyl (C=O) groups excluding carboxylic acids is 1. The van der Waals surface area contributed by atoms with Crippen LogP contribution in [0.3, 0.4) is 0 Å². The van der Waals surface area contributed by atoms with E-state index >= 15 is 0 Å². The lowest BCUT2D eigenvalue weighted by Crippen LogP contribution is -2.49. The standard InChI is InChI=1S/C28H43N3O10/c1-16(2)10-8-6-4-3-5-7-9-11-20(33)29-17-15-40-19(23(36)22(17)35)14-18(32)26-24(37)25(38)27(41-26)31-13-12-21(34)30-28(31)39/h9,11-13,15-16,18-19,22-27,32,35-38H,3-8,10,14H2,1-2H3,(H,29,33)(H,30,34,39)/b11-9+. The molecule has 2 aliphatic rings. The maximum atomic E-state index is 12.3. The van der Waals surface area contributed by atoms with Crippen molar-refractivity contribution in [2.45, 2.75) is 114 Å². The molecule has 1 fully saturated rings. The first-order valence-electron chi connectivity index (χ1n) is 14.2. The predicted molar refractivity (Wildman–Crippen MR) is 147 cm³/mol. The molecule has 0 aromatic carbocycles. The third-order valence-electron chi connectivity index (χ3n) is 7.34. The molecule has 1 aromatic heterocycles. The minimum absolute atomic E-state index is 0.0480. The largest absolute Gasteiger partial charge is 0.493 e. The lowest BCUT2D eigenvalue weighted by atomic mass is 9.94. The first kappa shape index (κ1) is 32.7. The Bertz CT molecular complexity index is 1160. The summed E-state index contributed by atoms with van der Waals surface area (Å²) in [6, 6.07) is 1.04. The van der Waals surface area contributed by atoms with E-state index < -0.39 is 66.1 Å². The number of allylic oxidation sites excluding steroid dienone is 1. The van der Waals surface area contributed by atoms with Crippen LogP contribution in [0.15, 0.2) is 46.0 Å². The quantitative estimate of drug-likeness (QED) is 0.115. The Balaban J connectivity index is 1.46. The Labute approximate surface area is 238 Å². The number of carbonyl (C=O) groups is 1. The van der Waals surface area contributed by atoms with Crippen LogP contribution in [-0.4, -0.2) is 83.7 Å². The number of nitrogens with one attached hydrogen (secondary N) is 2. The van der Waals surface area contributed by atoms with Crippen LogP contribution in [0.25, 0.3) is 0 Å². The van der Waals surface area contributed by atoms with Gasteiger partial charge in [-0.25, -0.2) is 4.79 Å². The molecule has 3 rings (SSSR count). The Kier molecular flexibility index (Phi) is 12.3. The summed E-state index contributed by atoms with van der Waals surface area (Å²) >= 11 is 0. The molecule has 1 saturated heterocycles. The van der Waals surface area contributed by atoms with Crippen LogP contribution in [0.5, 0.6) is 0 Å². The zero-order chi connectivity index (χ0) is 30.1. The number of unbranched alkanes of at least 4 members (excludes halogenated alkanes) is 5. The molecule has 0 radical (unpaired) electrons. The normalized spacial score (nSPS) is 29.0. The van der Waals surface area contributed by atoms with Crippen LogP contribution in [0.2, 0.25) is 0 Å². The fourth-order valence-electron chi connectivity index (χ4n) is 4.95. The van der Waals surface area contributed by atoms with Crippen LogP contribution in [0.4, 0.5) is 0 Å². The lowest BCUT2D eigenvalue weighted by molar-refractivity contribution is -0.125. The highest BCUT2D eigenvalue weighted by Gasteiger charge is 2.48. The average molecular weight is 582 g/mol. The summed E-state index contributed by atoms with van der Waals surface area (Å²) in [6.45, 7) is 4.44. The van der Waals surface area contributed by atoms with Gasteiger partial charge in [-0.1, -0.05) is 52.0 Å². The summed E-state index contributed by atoms with van der Waals surface area (Å²) in [6.07, 6.45) is 0.982. The van der Waals surface area contributed by atoms with Crippen molar-refractivity contribution < 1.29 is 39.8 Å². The van der Waals surface area contributed by atoms with Crippen LogP contribution < -0.4 is 16.6 Å². The number of nitrogens with zero attached hydrogens (tertiary/aromatic N) is 1. The maximum Gasteiger partial charge on any atom is 0.330 e. The number of H-pyrrole nitrogens is 1. The highest BCUT2D eigenvalue weighted by Crippen LogP contribution is 2.32. The molecule has 1 amide bonds. The summed E-state index contributed by atoms with van der Waals surface area (Å²) in [5.41, 5.74) is -1.58. The molecule has 2 aliphatic heterocycles. The molecule has 41 heavy (non-hydrogen) atoms. The number of aromatic amines is 1. The number of aromatic nitrogens is 2. The lowest BCUT2D eigenvalue weighted by Gasteiger charge is -2.34. The van der Waals surface area contributed by atoms with Gasteiger partial charge in [0, 0.05) is 18.7 Å². The molecule has 13 nitrogen and oxygen atoms in total. The molecule has 8 unspecified atom stereocenters. The van der Waals surface area contributed by atoms with E-state index in [9.17, 15) is 39.9 Å². The van der Waals surface area contributed by atoms with Crippen LogP contribution in [0, 0.1) is 5.92 Å². The van der Waals surface area contributed by atoms with Crippen LogP contribution >= 0.6 is 0 Å². The molecular weight excluding hydrogens is 538 g/mol. The fraction of sp³-hybridized carbons (Fsp3) is 0.679. The average Bonchev–Trinajstić information content (AvgIpc) is 3.21. The maximum absolute atomic E-state index is 12.3. The number of ether oxygens (including phenoxy) is 2. The van der Waals surface area contributed by atoms with Crippen LogP contribution in [-0.2, 0) is 14.3 Å². The topological polar surface area (TPSA) is 204 Å². The van der Waals surface area contributed by atoms with E-state index in [-0.39, 0.29) is 12.1 Å². The van der Waals surface area contributed by atoms with Gasteiger partial charge in [-0.05, 0) is 24.8 Å². The first-order chi connectivity index (χ1) is 19.5. The van der Waals surface area contributed by atoms with E-state index in [0.717, 1.165) is 48.3 Å². The highest BCUT2D eigenvalue weighted by molar-refractivity contribution is 5.88. The van der Waals surface area contributed by atoms with Gasteiger partial charge >= 0.3 is 5.69 Å². The van der Waals surface area contributed by atoms with E-state index in [0.29, 0.717) is 0 Å². The zero-order valence-corrected chi connectivity index (χ0v) is 23.5. The van der Waals surface area contributed by atoms with E-state index in [2.05, 4.69) is 19.2 Å². The molecule has 7 N–H and O–H groups in total. The smallest absolute Gasteiger partial charge is 0.330 e. The Morgan fingerprint density at radius 3 is 2.49 bits per heavy atom. The first-order valence-corrected chi connectivity index (χ1v) is 14.2. The Morgan fingerprint density at radius 1 is 1.07 bits per heavy atom. The highest BCUT2D eigenvalue weighted by atomic mass is 16.6. The molecule has 13 heteroatoms. The van der Waals surface area contributed by atoms with Gasteiger partial charge in [0.2, 0.25) is 5.91 Å². The van der Waals surface area contributed by atoms with Gasteiger partial charge < -0.3 is 40.3 Å². The second-order valence-electron chi connectivity index (χ2n) is 11.1. The minimum atomic E-state index is -1.61. The Morgan fingerprint density at radius 2 is 1.78 bits per heavy atom. The van der Waals surface area contributed by atoms with E-state index in [1.165, 1.54) is 31.8 Å². The molecule has 1 aromatic rings. The molecule has 8 atom stereocenters. The molecule has 0 aliphatic carbocycles. The predicted octanol–water partition coefficient (Wildman–Crippen LogP) is -0.0721. The minimum Gasteiger partial charge on any atom is -0.493 e. The van der Waals surface area contributed by atoms with Gasteiger partial charge in [0.05, 0.1) is 11.8 Å². The van der Waals surface area contributed by atoms with Crippen molar-refractivity contribution in [2.24, 2.45) is 5.92 Å². The number of aliphatic hydroxyl groups is 5. The molecule has 3 heterocycles. The zero-order valence-electron chi connectivity index (χ0n) is 23.5. The van der Waals surface area contributed by atoms with Gasteiger partial charge in [-0.15, -0.1) is 0 Å². The number of amides is 1. The summed E-state index contributed by atoms with van der Waals surface area (Å²) in [5, 5.41) is 55.1. The van der Waals surface area contributed by atoms with Gasteiger partial charge in [0.15, 0.2) is 6.23 Å². The van der Waals surface area contributed by atoms with Crippen molar-refractivity contribution in [1.82, 2.24) is 14.9 Å². The van der Waals surface area contributed by atoms with Gasteiger partial charge in [0.1, 0.15) is 42.9 Å². The van der Waals surface area contributed by atoms with E-state index in [1.54, 1.807) is 6.08 Å². The van der Waals surface area contributed by atoms with Gasteiger partial charge in [0.25, 0.3) is 5.56 Å². The summed E-state index contributed by atoms with van der Waals surface area (Å²) in [5.74, 6) is 0.244. The molecule has 0 saturated carbocycles. The van der Waals surface area contributed by atoms with Gasteiger partial charge in [-0.3, -0.25) is 19.1 Å². The van der Waals surface area contributed by atoms with E-state index in [1.807, 2.05) is 4.98 Å². The third-order valence-corrected chi connectivity index (χ3v) is 7.34. The van der Waals surface area contributed by atoms with Gasteiger partial charge in [-0.2, -0.15) is 0 Å². The van der Waals surface area contributed by atoms with E-state index in [4.69, 9.17) is 9.47 Å². The summed E-state index contributed by atoms with van der Waals surface area (Å²) < 4.78 is 11.9.